The van der Waals surface area contributed by atoms with Gasteiger partial charge in [-0.25, -0.2) is 4.99 Å². The van der Waals surface area contributed by atoms with Gasteiger partial charge in [0, 0.05) is 6.21 Å². The highest BCUT2D eigenvalue weighted by molar-refractivity contribution is 5.58. The lowest BCUT2D eigenvalue weighted by Gasteiger charge is -2.46. The molecule has 3 nitrogen and oxygen atoms in total. The van der Waals surface area contributed by atoms with Gasteiger partial charge >= 0.3 is 0 Å². The number of likely N-dealkylation sites (N-methyl/N-ethyl adjacent to an activating group) is 1. The van der Waals surface area contributed by atoms with Crippen LogP contribution >= 0.6 is 0 Å². The minimum absolute atomic E-state index is 0.320. The van der Waals surface area contributed by atoms with Gasteiger partial charge in [0.25, 0.3) is 0 Å². The van der Waals surface area contributed by atoms with Gasteiger partial charge in [-0.3, -0.25) is 0 Å². The van der Waals surface area contributed by atoms with Crippen molar-refractivity contribution in [1.82, 2.24) is 4.90 Å². The Kier molecular flexibility index (Phi) is 13.6. The van der Waals surface area contributed by atoms with Crippen molar-refractivity contribution >= 4 is 6.21 Å². The van der Waals surface area contributed by atoms with Gasteiger partial charge in [0.2, 0.25) is 0 Å². The molecule has 0 aromatic heterocycles. The van der Waals surface area contributed by atoms with Gasteiger partial charge < -0.3 is 9.38 Å². The first-order valence-corrected chi connectivity index (χ1v) is 11.2. The number of fused-ring (bicyclic) bond motifs is 1. The number of quaternary nitrogens is 1. The summed E-state index contributed by atoms with van der Waals surface area (Å²) in [4.78, 5) is 7.33. The highest BCUT2D eigenvalue weighted by atomic mass is 15.4. The number of aliphatic imine (C=N–C) groups is 1. The first-order chi connectivity index (χ1) is 13.4. The van der Waals surface area contributed by atoms with Gasteiger partial charge in [-0.15, -0.1) is 0 Å². The van der Waals surface area contributed by atoms with Crippen molar-refractivity contribution in [3.05, 3.63) is 47.9 Å². The summed E-state index contributed by atoms with van der Waals surface area (Å²) < 4.78 is 1.04. The Morgan fingerprint density at radius 2 is 1.86 bits per heavy atom. The lowest BCUT2D eigenvalue weighted by atomic mass is 10.0. The van der Waals surface area contributed by atoms with Crippen LogP contribution in [0, 0.1) is 0 Å². The molecule has 0 aromatic rings. The molecule has 160 valence electrons. The standard InChI is InChI=1S/C20H32N3.C3H8.C2H6/c1-6-13-21-20-18(3)12-10-8-7-9-11-17(2)19-16-23(4,5)15-14-22(19)20;1-3-2;1-2/h7-9,11,13,19H,2,6,10,12,14-16H2,1,3-5H3;3H2,1-2H3;1-2H3/q+1;;/b8-7-,11-9-,20-18-,21-13-;;. The van der Waals surface area contributed by atoms with Crippen molar-refractivity contribution < 1.29 is 4.48 Å². The molecule has 2 aliphatic rings. The van der Waals surface area contributed by atoms with Crippen LogP contribution in [0.5, 0.6) is 0 Å². The van der Waals surface area contributed by atoms with E-state index in [0.717, 1.165) is 43.4 Å². The zero-order valence-electron chi connectivity index (χ0n) is 20.0. The van der Waals surface area contributed by atoms with Crippen LogP contribution in [0.1, 0.15) is 67.2 Å². The molecule has 3 heteroatoms. The zero-order chi connectivity index (χ0) is 21.6. The Morgan fingerprint density at radius 1 is 1.21 bits per heavy atom. The van der Waals surface area contributed by atoms with Crippen molar-refractivity contribution in [1.29, 1.82) is 0 Å². The van der Waals surface area contributed by atoms with Crippen LogP contribution in [0.25, 0.3) is 0 Å². The fourth-order valence-electron chi connectivity index (χ4n) is 3.25. The summed E-state index contributed by atoms with van der Waals surface area (Å²) in [7, 11) is 4.62. The minimum atomic E-state index is 0.320. The average Bonchev–Trinajstić information content (AvgIpc) is 2.68. The molecule has 0 amide bonds. The molecule has 0 radical (unpaired) electrons. The molecule has 1 atom stereocenters. The van der Waals surface area contributed by atoms with Crippen molar-refractivity contribution in [3.8, 4) is 0 Å². The zero-order valence-corrected chi connectivity index (χ0v) is 20.0. The Bertz CT molecular complexity index is 564. The summed E-state index contributed by atoms with van der Waals surface area (Å²) in [5.74, 6) is 1.17. The predicted molar refractivity (Wildman–Crippen MR) is 128 cm³/mol. The monoisotopic (exact) mass is 388 g/mol. The molecule has 1 saturated heterocycles. The van der Waals surface area contributed by atoms with E-state index in [0.29, 0.717) is 6.04 Å². The second kappa shape index (κ2) is 14.4. The van der Waals surface area contributed by atoms with Crippen LogP contribution in [0.15, 0.2) is 52.8 Å². The number of allylic oxidation sites excluding steroid dienone is 4. The van der Waals surface area contributed by atoms with Crippen LogP contribution in [-0.2, 0) is 0 Å². The van der Waals surface area contributed by atoms with Crippen LogP contribution in [-0.4, -0.2) is 55.4 Å². The van der Waals surface area contributed by atoms with Crippen molar-refractivity contribution in [3.63, 3.8) is 0 Å². The maximum absolute atomic E-state index is 4.84. The fraction of sp³-hybridized carbons (Fsp3) is 0.640. The molecule has 1 fully saturated rings. The van der Waals surface area contributed by atoms with E-state index in [1.54, 1.807) is 0 Å². The number of hydrogen-bond acceptors (Lipinski definition) is 2. The summed E-state index contributed by atoms with van der Waals surface area (Å²) in [6, 6.07) is 0.320. The third kappa shape index (κ3) is 9.05. The molecular formula is C25H46N3+. The quantitative estimate of drug-likeness (QED) is 0.397. The van der Waals surface area contributed by atoms with Crippen LogP contribution in [0.2, 0.25) is 0 Å². The Morgan fingerprint density at radius 3 is 2.46 bits per heavy atom. The van der Waals surface area contributed by atoms with Crippen molar-refractivity contribution in [2.24, 2.45) is 4.99 Å². The number of nitrogens with zero attached hydrogens (tertiary/aromatic N) is 3. The highest BCUT2D eigenvalue weighted by Gasteiger charge is 2.35. The van der Waals surface area contributed by atoms with E-state index in [2.05, 4.69) is 77.6 Å². The lowest BCUT2D eigenvalue weighted by molar-refractivity contribution is -0.896. The minimum Gasteiger partial charge on any atom is -0.338 e. The number of piperazine rings is 1. The van der Waals surface area contributed by atoms with E-state index in [1.807, 2.05) is 20.1 Å². The van der Waals surface area contributed by atoms with Gasteiger partial charge in [0.1, 0.15) is 18.4 Å². The van der Waals surface area contributed by atoms with Crippen LogP contribution in [0.4, 0.5) is 0 Å². The molecule has 0 N–H and O–H groups in total. The third-order valence-electron chi connectivity index (χ3n) is 4.71. The summed E-state index contributed by atoms with van der Waals surface area (Å²) >= 11 is 0. The largest absolute Gasteiger partial charge is 0.338 e. The fourth-order valence-corrected chi connectivity index (χ4v) is 3.25. The third-order valence-corrected chi connectivity index (χ3v) is 4.71. The average molecular weight is 389 g/mol. The topological polar surface area (TPSA) is 15.6 Å². The van der Waals surface area contributed by atoms with Crippen LogP contribution in [0.3, 0.4) is 0 Å². The van der Waals surface area contributed by atoms with Gasteiger partial charge in [0.05, 0.1) is 27.2 Å². The molecule has 0 bridgehead atoms. The van der Waals surface area contributed by atoms with E-state index in [-0.39, 0.29) is 0 Å². The molecule has 0 aromatic carbocycles. The SMILES string of the molecule is C=C1/C=C\C=C/CC/C(C)=C(/N=C\CC)N2CC[N+](C)(C)CC12.CC.CCC. The van der Waals surface area contributed by atoms with E-state index in [4.69, 9.17) is 4.99 Å². The highest BCUT2D eigenvalue weighted by Crippen LogP contribution is 2.28. The normalized spacial score (nSPS) is 26.8. The lowest BCUT2D eigenvalue weighted by Crippen LogP contribution is -2.59. The van der Waals surface area contributed by atoms with E-state index in [1.165, 1.54) is 23.4 Å². The maximum Gasteiger partial charge on any atom is 0.127 e. The molecule has 2 rings (SSSR count). The summed E-state index contributed by atoms with van der Waals surface area (Å²) in [6.45, 7) is 20.2. The predicted octanol–water partition coefficient (Wildman–Crippen LogP) is 6.36. The Labute approximate surface area is 175 Å². The first kappa shape index (κ1) is 26.4. The van der Waals surface area contributed by atoms with Gasteiger partial charge in [-0.2, -0.15) is 0 Å². The number of hydrogen-bond donors (Lipinski definition) is 0. The Hall–Kier alpha value is -1.61. The van der Waals surface area contributed by atoms with Crippen molar-refractivity contribution in [2.45, 2.75) is 73.3 Å². The summed E-state index contributed by atoms with van der Waals surface area (Å²) in [5.41, 5.74) is 2.56. The molecule has 0 aliphatic carbocycles. The van der Waals surface area contributed by atoms with Gasteiger partial charge in [-0.05, 0) is 37.3 Å². The molecule has 2 aliphatic heterocycles. The second-order valence-electron chi connectivity index (χ2n) is 7.98. The van der Waals surface area contributed by atoms with Gasteiger partial charge in [0.15, 0.2) is 0 Å². The smallest absolute Gasteiger partial charge is 0.127 e. The van der Waals surface area contributed by atoms with Crippen LogP contribution < -0.4 is 0 Å². The maximum atomic E-state index is 4.84. The summed E-state index contributed by atoms with van der Waals surface area (Å²) in [6.07, 6.45) is 15.1. The first-order valence-electron chi connectivity index (χ1n) is 11.2. The summed E-state index contributed by atoms with van der Waals surface area (Å²) in [5, 5.41) is 0. The second-order valence-corrected chi connectivity index (χ2v) is 7.98. The molecular weight excluding hydrogens is 342 g/mol. The van der Waals surface area contributed by atoms with Gasteiger partial charge in [-0.1, -0.05) is 71.9 Å². The molecule has 1 unspecified atom stereocenters. The molecule has 0 saturated carbocycles. The number of rotatable bonds is 2. The van der Waals surface area contributed by atoms with E-state index >= 15 is 0 Å². The van der Waals surface area contributed by atoms with Crippen molar-refractivity contribution in [2.75, 3.05) is 33.7 Å². The van der Waals surface area contributed by atoms with E-state index in [9.17, 15) is 0 Å². The molecule has 2 heterocycles. The molecule has 28 heavy (non-hydrogen) atoms. The Balaban J connectivity index is 0.00000133. The van der Waals surface area contributed by atoms with E-state index < -0.39 is 0 Å². The molecule has 0 spiro atoms.